The van der Waals surface area contributed by atoms with E-state index in [1.807, 2.05) is 19.1 Å². The Morgan fingerprint density at radius 2 is 1.76 bits per heavy atom. The predicted molar refractivity (Wildman–Crippen MR) is 95.6 cm³/mol. The number of benzene rings is 2. The van der Waals surface area contributed by atoms with E-state index in [9.17, 15) is 14.7 Å². The maximum atomic E-state index is 12.4. The van der Waals surface area contributed by atoms with Crippen molar-refractivity contribution in [1.29, 1.82) is 0 Å². The number of hydrogen-bond donors (Lipinski definition) is 2. The Morgan fingerprint density at radius 1 is 1.08 bits per heavy atom. The quantitative estimate of drug-likeness (QED) is 0.895. The van der Waals surface area contributed by atoms with E-state index in [1.165, 1.54) is 0 Å². The molecule has 1 aliphatic heterocycles. The van der Waals surface area contributed by atoms with E-state index in [1.54, 1.807) is 30.3 Å². The molecule has 0 atom stereocenters. The summed E-state index contributed by atoms with van der Waals surface area (Å²) in [5, 5.41) is 12.0. The molecule has 0 aliphatic carbocycles. The molecule has 6 nitrogen and oxygen atoms in total. The number of carboxylic acids is 1. The number of rotatable bonds is 4. The van der Waals surface area contributed by atoms with Crippen molar-refractivity contribution in [3.05, 3.63) is 59.2 Å². The highest BCUT2D eigenvalue weighted by Gasteiger charge is 2.15. The first-order chi connectivity index (χ1) is 12.0. The van der Waals surface area contributed by atoms with Crippen LogP contribution in [0, 0.1) is 6.92 Å². The third-order valence-corrected chi connectivity index (χ3v) is 4.16. The van der Waals surface area contributed by atoms with Crippen LogP contribution < -0.4 is 10.2 Å². The number of carbonyl (C=O) groups excluding carboxylic acids is 1. The highest BCUT2D eigenvalue weighted by atomic mass is 16.5. The van der Waals surface area contributed by atoms with Crippen LogP contribution in [0.1, 0.15) is 26.3 Å². The Balaban J connectivity index is 1.74. The molecule has 1 fully saturated rings. The lowest BCUT2D eigenvalue weighted by Crippen LogP contribution is -2.36. The lowest BCUT2D eigenvalue weighted by atomic mass is 10.1. The summed E-state index contributed by atoms with van der Waals surface area (Å²) in [6.07, 6.45) is 0. The summed E-state index contributed by atoms with van der Waals surface area (Å²) in [5.41, 5.74) is 2.72. The van der Waals surface area contributed by atoms with Gasteiger partial charge in [-0.25, -0.2) is 4.79 Å². The molecular formula is C19H20N2O4. The van der Waals surface area contributed by atoms with Crippen LogP contribution in [0.2, 0.25) is 0 Å². The zero-order valence-corrected chi connectivity index (χ0v) is 14.0. The van der Waals surface area contributed by atoms with E-state index in [0.717, 1.165) is 24.3 Å². The molecule has 6 heteroatoms. The minimum Gasteiger partial charge on any atom is -0.478 e. The van der Waals surface area contributed by atoms with E-state index in [2.05, 4.69) is 10.2 Å². The van der Waals surface area contributed by atoms with Gasteiger partial charge in [-0.15, -0.1) is 0 Å². The number of hydrogen-bond acceptors (Lipinski definition) is 4. The van der Waals surface area contributed by atoms with Crippen molar-refractivity contribution in [2.24, 2.45) is 0 Å². The smallest absolute Gasteiger partial charge is 0.337 e. The number of aryl methyl sites for hydroxylation is 1. The van der Waals surface area contributed by atoms with Gasteiger partial charge in [0, 0.05) is 24.3 Å². The van der Waals surface area contributed by atoms with Gasteiger partial charge in [-0.1, -0.05) is 11.6 Å². The van der Waals surface area contributed by atoms with Gasteiger partial charge < -0.3 is 20.1 Å². The summed E-state index contributed by atoms with van der Waals surface area (Å²) in [7, 11) is 0. The Labute approximate surface area is 146 Å². The molecule has 130 valence electrons. The Bertz CT molecular complexity index is 781. The van der Waals surface area contributed by atoms with Crippen molar-refractivity contribution in [1.82, 2.24) is 0 Å². The van der Waals surface area contributed by atoms with Crippen LogP contribution in [0.15, 0.2) is 42.5 Å². The number of carbonyl (C=O) groups is 2. The predicted octanol–water partition coefficient (Wildman–Crippen LogP) is 2.78. The summed E-state index contributed by atoms with van der Waals surface area (Å²) in [6.45, 7) is 4.87. The number of nitrogens with one attached hydrogen (secondary N) is 1. The number of nitrogens with zero attached hydrogens (tertiary/aromatic N) is 1. The summed E-state index contributed by atoms with van der Waals surface area (Å²) >= 11 is 0. The third-order valence-electron chi connectivity index (χ3n) is 4.16. The molecule has 3 rings (SSSR count). The molecule has 0 bridgehead atoms. The first kappa shape index (κ1) is 17.0. The summed E-state index contributed by atoms with van der Waals surface area (Å²) in [5.74, 6) is -1.40. The molecule has 0 unspecified atom stereocenters. The van der Waals surface area contributed by atoms with Crippen LogP contribution in [0.4, 0.5) is 11.4 Å². The lowest BCUT2D eigenvalue weighted by molar-refractivity contribution is 0.0698. The Hall–Kier alpha value is -2.86. The van der Waals surface area contributed by atoms with E-state index in [4.69, 9.17) is 4.74 Å². The average molecular weight is 340 g/mol. The Kier molecular flexibility index (Phi) is 5.00. The summed E-state index contributed by atoms with van der Waals surface area (Å²) in [4.78, 5) is 26.0. The molecule has 0 radical (unpaired) electrons. The fourth-order valence-corrected chi connectivity index (χ4v) is 2.78. The topological polar surface area (TPSA) is 78.9 Å². The molecule has 25 heavy (non-hydrogen) atoms. The normalized spacial score (nSPS) is 14.2. The number of ether oxygens (including phenoxy) is 1. The molecule has 2 aromatic rings. The minimum atomic E-state index is -1.07. The molecule has 0 saturated carbocycles. The number of morpholine rings is 1. The van der Waals surface area contributed by atoms with Gasteiger partial charge in [0.1, 0.15) is 0 Å². The standard InChI is InChI=1S/C19H20N2O4/c1-13-2-7-17(16(12-13)19(23)24)20-18(22)14-3-5-15(6-4-14)21-8-10-25-11-9-21/h2-7,12H,8-11H2,1H3,(H,20,22)(H,23,24). The fraction of sp³-hybridized carbons (Fsp3) is 0.263. The first-order valence-electron chi connectivity index (χ1n) is 8.12. The molecule has 1 heterocycles. The largest absolute Gasteiger partial charge is 0.478 e. The number of aromatic carboxylic acids is 1. The maximum absolute atomic E-state index is 12.4. The maximum Gasteiger partial charge on any atom is 0.337 e. The minimum absolute atomic E-state index is 0.0817. The molecule has 2 N–H and O–H groups in total. The van der Waals surface area contributed by atoms with Crippen LogP contribution in [-0.4, -0.2) is 43.3 Å². The van der Waals surface area contributed by atoms with Crippen LogP contribution in [0.5, 0.6) is 0 Å². The molecule has 1 aliphatic rings. The van der Waals surface area contributed by atoms with Gasteiger partial charge in [-0.2, -0.15) is 0 Å². The van der Waals surface area contributed by atoms with Gasteiger partial charge in [0.05, 0.1) is 24.5 Å². The van der Waals surface area contributed by atoms with Gasteiger partial charge >= 0.3 is 5.97 Å². The van der Waals surface area contributed by atoms with Crippen molar-refractivity contribution < 1.29 is 19.4 Å². The van der Waals surface area contributed by atoms with Gasteiger partial charge in [0.15, 0.2) is 0 Å². The highest BCUT2D eigenvalue weighted by Crippen LogP contribution is 2.20. The number of carboxylic acid groups (broad SMARTS) is 1. The van der Waals surface area contributed by atoms with Crippen molar-refractivity contribution in [3.8, 4) is 0 Å². The SMILES string of the molecule is Cc1ccc(NC(=O)c2ccc(N3CCOCC3)cc2)c(C(=O)O)c1. The second-order valence-corrected chi connectivity index (χ2v) is 5.95. The number of amides is 1. The number of anilines is 2. The summed E-state index contributed by atoms with van der Waals surface area (Å²) < 4.78 is 5.33. The molecular weight excluding hydrogens is 320 g/mol. The van der Waals surface area contributed by atoms with Gasteiger partial charge in [0.25, 0.3) is 5.91 Å². The van der Waals surface area contributed by atoms with E-state index < -0.39 is 5.97 Å². The van der Waals surface area contributed by atoms with Gasteiger partial charge in [-0.3, -0.25) is 4.79 Å². The van der Waals surface area contributed by atoms with E-state index in [-0.39, 0.29) is 11.5 Å². The van der Waals surface area contributed by atoms with Crippen molar-refractivity contribution >= 4 is 23.3 Å². The molecule has 1 saturated heterocycles. The molecule has 1 amide bonds. The zero-order valence-electron chi connectivity index (χ0n) is 14.0. The van der Waals surface area contributed by atoms with Crippen LogP contribution in [0.25, 0.3) is 0 Å². The third kappa shape index (κ3) is 3.97. The van der Waals surface area contributed by atoms with Crippen LogP contribution >= 0.6 is 0 Å². The zero-order chi connectivity index (χ0) is 17.8. The van der Waals surface area contributed by atoms with Gasteiger partial charge in [0.2, 0.25) is 0 Å². The van der Waals surface area contributed by atoms with Crippen LogP contribution in [0.3, 0.4) is 0 Å². The second-order valence-electron chi connectivity index (χ2n) is 5.95. The Morgan fingerprint density at radius 3 is 2.40 bits per heavy atom. The fourth-order valence-electron chi connectivity index (χ4n) is 2.78. The first-order valence-corrected chi connectivity index (χ1v) is 8.12. The molecule has 0 aromatic heterocycles. The van der Waals surface area contributed by atoms with Crippen molar-refractivity contribution in [3.63, 3.8) is 0 Å². The van der Waals surface area contributed by atoms with E-state index >= 15 is 0 Å². The van der Waals surface area contributed by atoms with Crippen molar-refractivity contribution in [2.45, 2.75) is 6.92 Å². The lowest BCUT2D eigenvalue weighted by Gasteiger charge is -2.28. The average Bonchev–Trinajstić information content (AvgIpc) is 2.64. The van der Waals surface area contributed by atoms with Crippen molar-refractivity contribution in [2.75, 3.05) is 36.5 Å². The van der Waals surface area contributed by atoms with E-state index in [0.29, 0.717) is 24.5 Å². The molecule has 2 aromatic carbocycles. The molecule has 0 spiro atoms. The second kappa shape index (κ2) is 7.36. The summed E-state index contributed by atoms with van der Waals surface area (Å²) in [6, 6.07) is 12.2. The van der Waals surface area contributed by atoms with Crippen LogP contribution in [-0.2, 0) is 4.74 Å². The van der Waals surface area contributed by atoms with Gasteiger partial charge in [-0.05, 0) is 43.3 Å². The highest BCUT2D eigenvalue weighted by molar-refractivity contribution is 6.07. The monoisotopic (exact) mass is 340 g/mol.